The first-order chi connectivity index (χ1) is 11.2. The van der Waals surface area contributed by atoms with E-state index in [0.29, 0.717) is 36.4 Å². The van der Waals surface area contributed by atoms with Crippen LogP contribution < -0.4 is 10.1 Å². The van der Waals surface area contributed by atoms with Crippen LogP contribution in [0.15, 0.2) is 35.3 Å². The highest BCUT2D eigenvalue weighted by Gasteiger charge is 2.08. The topological polar surface area (TPSA) is 95.1 Å². The molecular weight excluding hydrogens is 298 g/mol. The fourth-order valence-corrected chi connectivity index (χ4v) is 2.17. The number of amides is 1. The van der Waals surface area contributed by atoms with Crippen LogP contribution in [0.5, 0.6) is 5.75 Å². The molecule has 0 unspecified atom stereocenters. The second-order valence-electron chi connectivity index (χ2n) is 4.98. The number of aromatic nitrogens is 4. The molecule has 8 heteroatoms. The summed E-state index contributed by atoms with van der Waals surface area (Å²) in [6, 6.07) is 5.40. The minimum absolute atomic E-state index is 0.0510. The second-order valence-corrected chi connectivity index (χ2v) is 4.98. The van der Waals surface area contributed by atoms with Gasteiger partial charge in [0.25, 0.3) is 0 Å². The van der Waals surface area contributed by atoms with Crippen molar-refractivity contribution in [3.05, 3.63) is 36.7 Å². The molecule has 3 rings (SSSR count). The minimum atomic E-state index is -0.0510. The SMILES string of the molecule is COc1ccc2oc(CNC(=O)CCCn3cncn3)nc2c1. The first kappa shape index (κ1) is 15.0. The smallest absolute Gasteiger partial charge is 0.220 e. The summed E-state index contributed by atoms with van der Waals surface area (Å²) in [6.45, 7) is 0.926. The van der Waals surface area contributed by atoms with E-state index < -0.39 is 0 Å². The normalized spacial score (nSPS) is 10.8. The standard InChI is InChI=1S/C15H17N5O3/c1-22-11-4-5-13-12(7-11)19-15(23-13)8-17-14(21)3-2-6-20-10-16-9-18-20/h4-5,7,9-10H,2-3,6,8H2,1H3,(H,17,21). The molecule has 0 fully saturated rings. The number of methoxy groups -OCH3 is 1. The molecule has 23 heavy (non-hydrogen) atoms. The molecule has 1 amide bonds. The maximum atomic E-state index is 11.8. The van der Waals surface area contributed by atoms with Crippen LogP contribution in [0, 0.1) is 0 Å². The molecule has 0 bridgehead atoms. The van der Waals surface area contributed by atoms with E-state index in [0.717, 1.165) is 5.75 Å². The zero-order valence-electron chi connectivity index (χ0n) is 12.7. The number of carbonyl (C=O) groups excluding carboxylic acids is 1. The van der Waals surface area contributed by atoms with Gasteiger partial charge in [0.1, 0.15) is 23.9 Å². The summed E-state index contributed by atoms with van der Waals surface area (Å²) < 4.78 is 12.4. The molecule has 0 radical (unpaired) electrons. The second kappa shape index (κ2) is 6.91. The molecule has 3 aromatic rings. The van der Waals surface area contributed by atoms with Crippen LogP contribution in [0.25, 0.3) is 11.1 Å². The third-order valence-corrected chi connectivity index (χ3v) is 3.33. The summed E-state index contributed by atoms with van der Waals surface area (Å²) in [7, 11) is 1.60. The number of rotatable bonds is 7. The lowest BCUT2D eigenvalue weighted by Gasteiger charge is -2.02. The molecule has 0 saturated heterocycles. The van der Waals surface area contributed by atoms with Crippen molar-refractivity contribution in [3.63, 3.8) is 0 Å². The van der Waals surface area contributed by atoms with Crippen LogP contribution in [0.2, 0.25) is 0 Å². The fraction of sp³-hybridized carbons (Fsp3) is 0.333. The summed E-state index contributed by atoms with van der Waals surface area (Å²) in [5.41, 5.74) is 1.38. The van der Waals surface area contributed by atoms with E-state index in [-0.39, 0.29) is 12.5 Å². The molecule has 120 valence electrons. The Kier molecular flexibility index (Phi) is 4.51. The van der Waals surface area contributed by atoms with Crippen molar-refractivity contribution in [3.8, 4) is 5.75 Å². The van der Waals surface area contributed by atoms with Crippen molar-refractivity contribution in [1.82, 2.24) is 25.1 Å². The van der Waals surface area contributed by atoms with Crippen molar-refractivity contribution in [2.75, 3.05) is 7.11 Å². The van der Waals surface area contributed by atoms with Crippen LogP contribution >= 0.6 is 0 Å². The number of carbonyl (C=O) groups is 1. The third kappa shape index (κ3) is 3.85. The summed E-state index contributed by atoms with van der Waals surface area (Å²) >= 11 is 0. The van der Waals surface area contributed by atoms with Crippen molar-refractivity contribution >= 4 is 17.0 Å². The van der Waals surface area contributed by atoms with E-state index >= 15 is 0 Å². The van der Waals surface area contributed by atoms with Crippen LogP contribution in [0.1, 0.15) is 18.7 Å². The van der Waals surface area contributed by atoms with Gasteiger partial charge < -0.3 is 14.5 Å². The van der Waals surface area contributed by atoms with Gasteiger partial charge in [0.2, 0.25) is 11.8 Å². The number of hydrogen-bond donors (Lipinski definition) is 1. The van der Waals surface area contributed by atoms with Crippen LogP contribution in [0.3, 0.4) is 0 Å². The molecule has 1 N–H and O–H groups in total. The number of benzene rings is 1. The molecule has 0 atom stereocenters. The lowest BCUT2D eigenvalue weighted by molar-refractivity contribution is -0.121. The number of aryl methyl sites for hydroxylation is 1. The summed E-state index contributed by atoms with van der Waals surface area (Å²) in [5.74, 6) is 1.14. The Bertz CT molecular complexity index is 782. The van der Waals surface area contributed by atoms with Gasteiger partial charge in [-0.2, -0.15) is 5.10 Å². The van der Waals surface area contributed by atoms with Crippen LogP contribution in [-0.4, -0.2) is 32.8 Å². The number of nitrogens with one attached hydrogen (secondary N) is 1. The monoisotopic (exact) mass is 315 g/mol. The van der Waals surface area contributed by atoms with Gasteiger partial charge in [-0.3, -0.25) is 9.48 Å². The Morgan fingerprint density at radius 3 is 3.13 bits per heavy atom. The lowest BCUT2D eigenvalue weighted by atomic mass is 10.3. The Balaban J connectivity index is 1.48. The molecule has 0 aliphatic rings. The van der Waals surface area contributed by atoms with Gasteiger partial charge in [0, 0.05) is 19.0 Å². The fourth-order valence-electron chi connectivity index (χ4n) is 2.17. The average Bonchev–Trinajstić information content (AvgIpc) is 3.21. The Labute approximate surface area is 132 Å². The maximum Gasteiger partial charge on any atom is 0.220 e. The zero-order valence-corrected chi connectivity index (χ0v) is 12.7. The van der Waals surface area contributed by atoms with Gasteiger partial charge in [-0.1, -0.05) is 0 Å². The van der Waals surface area contributed by atoms with E-state index in [4.69, 9.17) is 9.15 Å². The van der Waals surface area contributed by atoms with Crippen molar-refractivity contribution < 1.29 is 13.9 Å². The summed E-state index contributed by atoms with van der Waals surface area (Å²) in [6.07, 6.45) is 4.21. The predicted molar refractivity (Wildman–Crippen MR) is 81.7 cm³/mol. The first-order valence-corrected chi connectivity index (χ1v) is 7.27. The number of hydrogen-bond acceptors (Lipinski definition) is 6. The Hall–Kier alpha value is -2.90. The first-order valence-electron chi connectivity index (χ1n) is 7.27. The van der Waals surface area contributed by atoms with E-state index in [1.54, 1.807) is 36.3 Å². The molecule has 2 aromatic heterocycles. The quantitative estimate of drug-likeness (QED) is 0.710. The number of nitrogens with zero attached hydrogens (tertiary/aromatic N) is 4. The average molecular weight is 315 g/mol. The molecular formula is C15H17N5O3. The minimum Gasteiger partial charge on any atom is -0.497 e. The molecule has 8 nitrogen and oxygen atoms in total. The number of fused-ring (bicyclic) bond motifs is 1. The van der Waals surface area contributed by atoms with Gasteiger partial charge in [-0.25, -0.2) is 9.97 Å². The van der Waals surface area contributed by atoms with E-state index in [2.05, 4.69) is 20.4 Å². The maximum absolute atomic E-state index is 11.8. The molecule has 0 aliphatic carbocycles. The largest absolute Gasteiger partial charge is 0.497 e. The highest BCUT2D eigenvalue weighted by Crippen LogP contribution is 2.21. The molecule has 2 heterocycles. The zero-order chi connectivity index (χ0) is 16.1. The predicted octanol–water partition coefficient (Wildman–Crippen LogP) is 1.52. The van der Waals surface area contributed by atoms with Crippen LogP contribution in [-0.2, 0) is 17.9 Å². The number of oxazole rings is 1. The van der Waals surface area contributed by atoms with Gasteiger partial charge in [0.05, 0.1) is 13.7 Å². The van der Waals surface area contributed by atoms with Crippen LogP contribution in [0.4, 0.5) is 0 Å². The summed E-state index contributed by atoms with van der Waals surface area (Å²) in [4.78, 5) is 20.0. The Morgan fingerprint density at radius 2 is 2.35 bits per heavy atom. The molecule has 1 aromatic carbocycles. The number of ether oxygens (including phenoxy) is 1. The Morgan fingerprint density at radius 1 is 1.43 bits per heavy atom. The molecule has 0 aliphatic heterocycles. The van der Waals surface area contributed by atoms with E-state index in [1.807, 2.05) is 0 Å². The third-order valence-electron chi connectivity index (χ3n) is 3.33. The van der Waals surface area contributed by atoms with E-state index in [9.17, 15) is 4.79 Å². The highest BCUT2D eigenvalue weighted by molar-refractivity contribution is 5.76. The summed E-state index contributed by atoms with van der Waals surface area (Å²) in [5, 5.41) is 6.78. The lowest BCUT2D eigenvalue weighted by Crippen LogP contribution is -2.23. The van der Waals surface area contributed by atoms with E-state index in [1.165, 1.54) is 6.33 Å². The van der Waals surface area contributed by atoms with Crippen molar-refractivity contribution in [2.45, 2.75) is 25.9 Å². The van der Waals surface area contributed by atoms with Gasteiger partial charge in [0.15, 0.2) is 5.58 Å². The van der Waals surface area contributed by atoms with Gasteiger partial charge in [-0.15, -0.1) is 0 Å². The molecule has 0 spiro atoms. The molecule has 0 saturated carbocycles. The van der Waals surface area contributed by atoms with Crippen molar-refractivity contribution in [1.29, 1.82) is 0 Å². The highest BCUT2D eigenvalue weighted by atomic mass is 16.5. The van der Waals surface area contributed by atoms with Crippen molar-refractivity contribution in [2.24, 2.45) is 0 Å². The van der Waals surface area contributed by atoms with Gasteiger partial charge >= 0.3 is 0 Å². The van der Waals surface area contributed by atoms with Gasteiger partial charge in [-0.05, 0) is 18.6 Å².